The quantitative estimate of drug-likeness (QED) is 0.286. The number of hydrogen-bond acceptors (Lipinski definition) is 10. The van der Waals surface area contributed by atoms with Crippen LogP contribution in [0.15, 0.2) is 58.4 Å². The largest absolute Gasteiger partial charge is 0.482 e. The van der Waals surface area contributed by atoms with Crippen LogP contribution >= 0.6 is 23.1 Å². The second-order valence-electron chi connectivity index (χ2n) is 11.4. The second kappa shape index (κ2) is 11.2. The minimum absolute atomic E-state index is 0.00788. The summed E-state index contributed by atoms with van der Waals surface area (Å²) >= 11 is 2.83. The molecule has 0 unspecified atom stereocenters. The highest BCUT2D eigenvalue weighted by Crippen LogP contribution is 2.68. The predicted octanol–water partition coefficient (Wildman–Crippen LogP) is 4.23. The van der Waals surface area contributed by atoms with E-state index in [9.17, 15) is 24.0 Å². The number of rotatable bonds is 8. The first kappa shape index (κ1) is 28.8. The number of nitrogens with one attached hydrogen (secondary N) is 1. The lowest BCUT2D eigenvalue weighted by Gasteiger charge is -2.43. The van der Waals surface area contributed by atoms with E-state index in [4.69, 9.17) is 14.2 Å². The molecule has 228 valence electrons. The molecule has 2 aliphatic heterocycles. The number of hydrogen-bond donors (Lipinski definition) is 1. The van der Waals surface area contributed by atoms with E-state index in [0.717, 1.165) is 21.9 Å². The molecule has 2 saturated carbocycles. The third-order valence-electron chi connectivity index (χ3n) is 9.26. The summed E-state index contributed by atoms with van der Waals surface area (Å²) in [5, 5.41) is 0.896. The van der Waals surface area contributed by atoms with Gasteiger partial charge in [-0.15, -0.1) is 11.8 Å². The zero-order valence-corrected chi connectivity index (χ0v) is 25.7. The fraction of sp³-hybridized carbons (Fsp3) is 0.406. The van der Waals surface area contributed by atoms with E-state index in [2.05, 4.69) is 4.98 Å². The van der Waals surface area contributed by atoms with Crippen molar-refractivity contribution in [3.05, 3.63) is 74.2 Å². The number of thioether (sulfide) groups is 1. The Kier molecular flexibility index (Phi) is 7.36. The molecular formula is C32H30N2O8S2. The number of thiazole rings is 1. The van der Waals surface area contributed by atoms with Crippen LogP contribution in [0, 0.1) is 29.6 Å². The molecule has 3 heterocycles. The maximum atomic E-state index is 14.0. The van der Waals surface area contributed by atoms with Crippen LogP contribution in [0.3, 0.4) is 0 Å². The van der Waals surface area contributed by atoms with Gasteiger partial charge in [0.15, 0.2) is 6.61 Å². The van der Waals surface area contributed by atoms with Crippen molar-refractivity contribution in [3.8, 4) is 5.75 Å². The number of ether oxygens (including phenoxy) is 3. The molecule has 0 radical (unpaired) electrons. The van der Waals surface area contributed by atoms with Crippen LogP contribution in [0.2, 0.25) is 0 Å². The molecule has 10 nitrogen and oxygen atoms in total. The summed E-state index contributed by atoms with van der Waals surface area (Å²) in [5.74, 6) is -1.73. The number of aromatic amines is 1. The molecule has 1 aromatic heterocycles. The average Bonchev–Trinajstić information content (AvgIpc) is 3.75. The Labute approximate surface area is 261 Å². The lowest BCUT2D eigenvalue weighted by molar-refractivity contribution is -0.145. The molecule has 12 heteroatoms. The number of fused-ring (bicyclic) bond motifs is 9. The molecule has 7 atom stereocenters. The molecule has 1 N–H and O–H groups in total. The molecule has 3 fully saturated rings. The number of anilines is 1. The van der Waals surface area contributed by atoms with E-state index < -0.39 is 23.8 Å². The number of H-pyrrole nitrogens is 1. The monoisotopic (exact) mass is 634 g/mol. The van der Waals surface area contributed by atoms with Crippen molar-refractivity contribution in [2.45, 2.75) is 36.5 Å². The van der Waals surface area contributed by atoms with Gasteiger partial charge in [-0.3, -0.25) is 19.3 Å². The van der Waals surface area contributed by atoms with Gasteiger partial charge < -0.3 is 19.2 Å². The number of aromatic nitrogens is 1. The van der Waals surface area contributed by atoms with Crippen LogP contribution in [0.4, 0.5) is 5.69 Å². The number of imide groups is 1. The van der Waals surface area contributed by atoms with Gasteiger partial charge in [0.1, 0.15) is 5.75 Å². The molecular weight excluding hydrogens is 604 g/mol. The first-order chi connectivity index (χ1) is 21.3. The number of amides is 2. The zero-order chi connectivity index (χ0) is 30.7. The van der Waals surface area contributed by atoms with Crippen LogP contribution in [-0.4, -0.2) is 53.8 Å². The fourth-order valence-electron chi connectivity index (χ4n) is 7.72. The molecule has 2 bridgehead atoms. The zero-order valence-electron chi connectivity index (χ0n) is 24.0. The third-order valence-corrected chi connectivity index (χ3v) is 11.9. The molecule has 3 aromatic rings. The van der Waals surface area contributed by atoms with E-state index in [0.29, 0.717) is 17.0 Å². The molecule has 2 aliphatic carbocycles. The van der Waals surface area contributed by atoms with Crippen molar-refractivity contribution in [3.63, 3.8) is 0 Å². The van der Waals surface area contributed by atoms with Crippen LogP contribution < -0.4 is 14.5 Å². The van der Waals surface area contributed by atoms with Gasteiger partial charge in [0, 0.05) is 16.0 Å². The fourth-order valence-corrected chi connectivity index (χ4v) is 10.6. The summed E-state index contributed by atoms with van der Waals surface area (Å²) in [4.78, 5) is 69.4. The standard InChI is InChI=1S/C32H30N2O8S2/c1-3-40-21(35)14-42-18-11-7-15(8-12-18)22-23-19-13-20(26(23)43-28-27(22)44-32(39)33-28)25-24(19)29(36)34(30(25)37)17-9-5-16(6-10-17)31(38)41-4-2/h5-12,19-20,22-26H,3-4,13-14H2,1-2H3,(H,33,39)/t19-,20-,22+,23-,24+,25+,26-/m1/s1. The molecule has 4 aliphatic rings. The van der Waals surface area contributed by atoms with Crippen LogP contribution in [0.5, 0.6) is 5.75 Å². The summed E-state index contributed by atoms with van der Waals surface area (Å²) in [6.07, 6.45) is 0.779. The van der Waals surface area contributed by atoms with Gasteiger partial charge in [0.05, 0.1) is 41.3 Å². The van der Waals surface area contributed by atoms with E-state index >= 15 is 0 Å². The van der Waals surface area contributed by atoms with Gasteiger partial charge in [-0.1, -0.05) is 23.5 Å². The average molecular weight is 635 g/mol. The van der Waals surface area contributed by atoms with E-state index in [1.165, 1.54) is 16.2 Å². The molecule has 0 spiro atoms. The molecule has 7 rings (SSSR count). The van der Waals surface area contributed by atoms with Gasteiger partial charge in [-0.05, 0) is 80.0 Å². The maximum absolute atomic E-state index is 14.0. The van der Waals surface area contributed by atoms with Gasteiger partial charge in [-0.2, -0.15) is 0 Å². The first-order valence-corrected chi connectivity index (χ1v) is 16.4. The van der Waals surface area contributed by atoms with Crippen molar-refractivity contribution in [1.29, 1.82) is 0 Å². The van der Waals surface area contributed by atoms with E-state index in [1.807, 2.05) is 24.3 Å². The lowest BCUT2D eigenvalue weighted by atomic mass is 9.68. The topological polar surface area (TPSA) is 132 Å². The Bertz CT molecular complexity index is 1700. The van der Waals surface area contributed by atoms with Gasteiger partial charge in [-0.25, -0.2) is 9.59 Å². The maximum Gasteiger partial charge on any atom is 0.344 e. The van der Waals surface area contributed by atoms with Crippen molar-refractivity contribution >= 4 is 52.5 Å². The smallest absolute Gasteiger partial charge is 0.344 e. The molecule has 44 heavy (non-hydrogen) atoms. The highest BCUT2D eigenvalue weighted by atomic mass is 32.2. The highest BCUT2D eigenvalue weighted by molar-refractivity contribution is 8.00. The van der Waals surface area contributed by atoms with Crippen LogP contribution in [0.1, 0.15) is 47.0 Å². The highest BCUT2D eigenvalue weighted by Gasteiger charge is 2.69. The van der Waals surface area contributed by atoms with Gasteiger partial charge in [0.2, 0.25) is 11.8 Å². The van der Waals surface area contributed by atoms with E-state index in [1.54, 1.807) is 49.9 Å². The Balaban J connectivity index is 1.18. The third kappa shape index (κ3) is 4.57. The molecule has 2 aromatic carbocycles. The summed E-state index contributed by atoms with van der Waals surface area (Å²) in [7, 11) is 0. The van der Waals surface area contributed by atoms with Crippen molar-refractivity contribution in [2.24, 2.45) is 29.6 Å². The Morgan fingerprint density at radius 1 is 0.909 bits per heavy atom. The number of nitrogens with zero attached hydrogens (tertiary/aromatic N) is 1. The predicted molar refractivity (Wildman–Crippen MR) is 162 cm³/mol. The summed E-state index contributed by atoms with van der Waals surface area (Å²) in [6, 6.07) is 13.9. The summed E-state index contributed by atoms with van der Waals surface area (Å²) in [5.41, 5.74) is 1.81. The second-order valence-corrected chi connectivity index (χ2v) is 13.6. The Morgan fingerprint density at radius 2 is 1.59 bits per heavy atom. The lowest BCUT2D eigenvalue weighted by Crippen LogP contribution is -2.42. The summed E-state index contributed by atoms with van der Waals surface area (Å²) < 4.78 is 15.6. The first-order valence-electron chi connectivity index (χ1n) is 14.7. The Hall–Kier alpha value is -3.90. The van der Waals surface area contributed by atoms with Crippen LogP contribution in [0.25, 0.3) is 0 Å². The number of benzene rings is 2. The Morgan fingerprint density at radius 3 is 2.27 bits per heavy atom. The molecule has 2 amide bonds. The number of esters is 2. The van der Waals surface area contributed by atoms with Gasteiger partial charge >= 0.3 is 16.8 Å². The van der Waals surface area contributed by atoms with Gasteiger partial charge in [0.25, 0.3) is 0 Å². The summed E-state index contributed by atoms with van der Waals surface area (Å²) in [6.45, 7) is 3.82. The minimum atomic E-state index is -0.454. The van der Waals surface area contributed by atoms with Crippen molar-refractivity contribution < 1.29 is 33.4 Å². The van der Waals surface area contributed by atoms with Crippen LogP contribution in [-0.2, 0) is 23.9 Å². The van der Waals surface area contributed by atoms with Crippen molar-refractivity contribution in [1.82, 2.24) is 4.98 Å². The normalized spacial score (nSPS) is 28.0. The minimum Gasteiger partial charge on any atom is -0.482 e. The number of carbonyl (C=O) groups excluding carboxylic acids is 4. The SMILES string of the molecule is CCOC(=O)COc1ccc([C@@H]2c3sc(=O)[nH]c3S[C@@H]3[C@@H]4C[C@@H]([C@@H]5C(=O)N(c6ccc(C(=O)OCC)cc6)C(=O)[C@@H]45)[C@H]23)cc1. The number of carbonyl (C=O) groups is 4. The van der Waals surface area contributed by atoms with Crippen molar-refractivity contribution in [2.75, 3.05) is 24.7 Å². The molecule has 1 saturated heterocycles. The van der Waals surface area contributed by atoms with E-state index in [-0.39, 0.29) is 65.4 Å².